The van der Waals surface area contributed by atoms with Crippen molar-refractivity contribution >= 4 is 63.8 Å². The number of carboxylic acid groups (broad SMARTS) is 1. The van der Waals surface area contributed by atoms with Crippen molar-refractivity contribution in [3.8, 4) is 0 Å². The topological polar surface area (TPSA) is 156 Å². The van der Waals surface area contributed by atoms with Gasteiger partial charge in [0.25, 0.3) is 0 Å². The van der Waals surface area contributed by atoms with E-state index in [1.165, 1.54) is 37.4 Å². The van der Waals surface area contributed by atoms with Crippen LogP contribution in [0.3, 0.4) is 0 Å². The second-order valence-corrected chi connectivity index (χ2v) is 14.5. The number of halogens is 2. The molecular formula is C23H26Br2N2O8S2. The van der Waals surface area contributed by atoms with Gasteiger partial charge in [-0.25, -0.2) is 35.9 Å². The molecule has 4 rings (SSSR count). The minimum atomic E-state index is -3.66. The van der Waals surface area contributed by atoms with Crippen LogP contribution in [-0.2, 0) is 24.8 Å². The highest BCUT2D eigenvalue weighted by atomic mass is 79.9. The predicted molar refractivity (Wildman–Crippen MR) is 143 cm³/mol. The maximum absolute atomic E-state index is 12.2. The largest absolute Gasteiger partial charge is 0.478 e. The molecule has 2 aliphatic carbocycles. The molecule has 10 nitrogen and oxygen atoms in total. The lowest BCUT2D eigenvalue weighted by Gasteiger charge is -2.13. The monoisotopic (exact) mass is 680 g/mol. The van der Waals surface area contributed by atoms with Crippen LogP contribution in [0.5, 0.6) is 0 Å². The van der Waals surface area contributed by atoms with E-state index in [1.807, 2.05) is 13.8 Å². The molecule has 202 valence electrons. The number of esters is 1. The molecule has 2 fully saturated rings. The fourth-order valence-electron chi connectivity index (χ4n) is 3.12. The Morgan fingerprint density at radius 2 is 1.19 bits per heavy atom. The molecule has 0 aromatic heterocycles. The number of benzene rings is 2. The zero-order chi connectivity index (χ0) is 27.8. The van der Waals surface area contributed by atoms with Gasteiger partial charge >= 0.3 is 11.9 Å². The number of hydrogen-bond donors (Lipinski definition) is 3. The van der Waals surface area contributed by atoms with Crippen LogP contribution in [0, 0.1) is 0 Å². The van der Waals surface area contributed by atoms with Crippen LogP contribution in [0.25, 0.3) is 0 Å². The molecule has 0 bridgehead atoms. The van der Waals surface area contributed by atoms with Crippen molar-refractivity contribution in [3.63, 3.8) is 0 Å². The van der Waals surface area contributed by atoms with Crippen LogP contribution in [0.4, 0.5) is 0 Å². The summed E-state index contributed by atoms with van der Waals surface area (Å²) < 4.78 is 59.1. The van der Waals surface area contributed by atoms with Gasteiger partial charge in [0, 0.05) is 20.0 Å². The van der Waals surface area contributed by atoms with E-state index in [-0.39, 0.29) is 32.0 Å². The predicted octanol–water partition coefficient (Wildman–Crippen LogP) is 4.04. The van der Waals surface area contributed by atoms with E-state index in [1.54, 1.807) is 0 Å². The summed E-state index contributed by atoms with van der Waals surface area (Å²) >= 11 is 6.27. The molecule has 2 aliphatic rings. The van der Waals surface area contributed by atoms with Gasteiger partial charge in [-0.3, -0.25) is 0 Å². The lowest BCUT2D eigenvalue weighted by atomic mass is 10.2. The summed E-state index contributed by atoms with van der Waals surface area (Å²) in [6.07, 6.45) is 3.25. The summed E-state index contributed by atoms with van der Waals surface area (Å²) in [6, 6.07) is 8.24. The van der Waals surface area contributed by atoms with Gasteiger partial charge in [-0.05, 0) is 108 Å². The average Bonchev–Trinajstić information content (AvgIpc) is 3.71. The third kappa shape index (κ3) is 7.60. The van der Waals surface area contributed by atoms with E-state index in [4.69, 9.17) is 5.11 Å². The number of carbonyl (C=O) groups is 2. The molecular weight excluding hydrogens is 656 g/mol. The van der Waals surface area contributed by atoms with Gasteiger partial charge in [0.05, 0.1) is 28.0 Å². The molecule has 0 heterocycles. The van der Waals surface area contributed by atoms with Crippen LogP contribution in [0.15, 0.2) is 55.1 Å². The number of hydrogen-bond acceptors (Lipinski definition) is 7. The maximum atomic E-state index is 12.2. The quantitative estimate of drug-likeness (QED) is 0.353. The number of ether oxygens (including phenoxy) is 1. The normalized spacial score (nSPS) is 17.2. The number of methoxy groups -OCH3 is 1. The zero-order valence-corrected chi connectivity index (χ0v) is 25.0. The molecule has 0 radical (unpaired) electrons. The average molecular weight is 682 g/mol. The van der Waals surface area contributed by atoms with Crippen LogP contribution in [0.2, 0.25) is 0 Å². The molecule has 2 saturated carbocycles. The molecule has 0 saturated heterocycles. The van der Waals surface area contributed by atoms with Gasteiger partial charge in [-0.2, -0.15) is 0 Å². The lowest BCUT2D eigenvalue weighted by Crippen LogP contribution is -2.34. The molecule has 14 heteroatoms. The number of carbonyl (C=O) groups excluding carboxylic acids is 1. The number of nitrogens with one attached hydrogen (secondary N) is 2. The highest BCUT2D eigenvalue weighted by Crippen LogP contribution is 2.37. The molecule has 3 N–H and O–H groups in total. The molecule has 0 amide bonds. The Balaban J connectivity index is 0.000000206. The Morgan fingerprint density at radius 1 is 0.811 bits per heavy atom. The first-order valence-electron chi connectivity index (χ1n) is 11.0. The number of aromatic carboxylic acids is 1. The van der Waals surface area contributed by atoms with E-state index in [9.17, 15) is 26.4 Å². The summed E-state index contributed by atoms with van der Waals surface area (Å²) in [7, 11) is -6.03. The Labute approximate surface area is 232 Å². The van der Waals surface area contributed by atoms with E-state index < -0.39 is 32.0 Å². The van der Waals surface area contributed by atoms with Crippen LogP contribution in [-0.4, -0.2) is 52.1 Å². The number of rotatable bonds is 8. The molecule has 37 heavy (non-hydrogen) atoms. The van der Waals surface area contributed by atoms with Gasteiger partial charge in [0.1, 0.15) is 0 Å². The molecule has 2 aromatic rings. The number of carboxylic acids is 1. The molecule has 2 aromatic carbocycles. The first kappa shape index (κ1) is 29.7. The molecule has 0 spiro atoms. The maximum Gasteiger partial charge on any atom is 0.339 e. The minimum absolute atomic E-state index is 0.0313. The summed E-state index contributed by atoms with van der Waals surface area (Å²) in [5.74, 6) is -1.75. The van der Waals surface area contributed by atoms with Crippen molar-refractivity contribution in [2.24, 2.45) is 0 Å². The van der Waals surface area contributed by atoms with Gasteiger partial charge in [0.2, 0.25) is 20.0 Å². The van der Waals surface area contributed by atoms with Crippen molar-refractivity contribution in [1.29, 1.82) is 0 Å². The van der Waals surface area contributed by atoms with Gasteiger partial charge < -0.3 is 9.84 Å². The van der Waals surface area contributed by atoms with E-state index in [2.05, 4.69) is 46.0 Å². The van der Waals surface area contributed by atoms with Crippen molar-refractivity contribution in [1.82, 2.24) is 9.44 Å². The van der Waals surface area contributed by atoms with Crippen molar-refractivity contribution < 1.29 is 36.3 Å². The Bertz CT molecular complexity index is 1450. The molecule has 0 aliphatic heterocycles. The van der Waals surface area contributed by atoms with Gasteiger partial charge in [-0.15, -0.1) is 0 Å². The van der Waals surface area contributed by atoms with E-state index in [0.717, 1.165) is 31.7 Å². The second-order valence-electron chi connectivity index (χ2n) is 9.41. The zero-order valence-electron chi connectivity index (χ0n) is 20.2. The van der Waals surface area contributed by atoms with E-state index in [0.29, 0.717) is 8.95 Å². The molecule has 0 unspecified atom stereocenters. The van der Waals surface area contributed by atoms with Gasteiger partial charge in [0.15, 0.2) is 0 Å². The fraction of sp³-hybridized carbons (Fsp3) is 0.391. The smallest absolute Gasteiger partial charge is 0.339 e. The lowest BCUT2D eigenvalue weighted by molar-refractivity contribution is 0.0598. The highest BCUT2D eigenvalue weighted by molar-refractivity contribution is 9.10. The first-order valence-corrected chi connectivity index (χ1v) is 15.5. The second kappa shape index (κ2) is 10.7. The van der Waals surface area contributed by atoms with Crippen LogP contribution >= 0.6 is 31.9 Å². The van der Waals surface area contributed by atoms with Gasteiger partial charge in [-0.1, -0.05) is 0 Å². The Kier molecular flexibility index (Phi) is 8.62. The Morgan fingerprint density at radius 3 is 1.54 bits per heavy atom. The fourth-order valence-corrected chi connectivity index (χ4v) is 6.93. The summed E-state index contributed by atoms with van der Waals surface area (Å²) in [5, 5.41) is 8.96. The number of sulfonamides is 2. The minimum Gasteiger partial charge on any atom is -0.478 e. The standard InChI is InChI=1S/C12H14BrNO4S.C11H12BrNO4S/c1-12(5-6-12)14-19(16,17)8-3-4-10(13)9(7-8)11(15)18-2;1-11(4-5-11)13-18(16,17)7-2-3-9(12)8(6-7)10(14)15/h3-4,7,14H,5-6H2,1-2H3;2-3,6,13H,4-5H2,1H3,(H,14,15). The summed E-state index contributed by atoms with van der Waals surface area (Å²) in [5.41, 5.74) is -0.614. The van der Waals surface area contributed by atoms with Crippen molar-refractivity contribution in [3.05, 3.63) is 56.5 Å². The Hall–Kier alpha value is -1.84. The highest BCUT2D eigenvalue weighted by Gasteiger charge is 2.42. The molecule has 0 atom stereocenters. The third-order valence-corrected chi connectivity index (χ3v) is 10.5. The summed E-state index contributed by atoms with van der Waals surface area (Å²) in [4.78, 5) is 22.5. The van der Waals surface area contributed by atoms with Crippen molar-refractivity contribution in [2.45, 2.75) is 60.4 Å². The van der Waals surface area contributed by atoms with E-state index >= 15 is 0 Å². The SMILES string of the molecule is CC1(NS(=O)(=O)c2ccc(Br)c(C(=O)O)c2)CC1.COC(=O)c1cc(S(=O)(=O)NC2(C)CC2)ccc1Br. The summed E-state index contributed by atoms with van der Waals surface area (Å²) in [6.45, 7) is 3.67. The van der Waals surface area contributed by atoms with Crippen LogP contribution in [0.1, 0.15) is 60.2 Å². The van der Waals surface area contributed by atoms with Crippen LogP contribution < -0.4 is 9.44 Å². The third-order valence-electron chi connectivity index (χ3n) is 5.89. The van der Waals surface area contributed by atoms with Crippen molar-refractivity contribution in [2.75, 3.05) is 7.11 Å². The first-order chi connectivity index (χ1) is 17.0.